The predicted molar refractivity (Wildman–Crippen MR) is 118 cm³/mol. The maximum absolute atomic E-state index is 13.0. The molecular weight excluding hydrogens is 376 g/mol. The van der Waals surface area contributed by atoms with E-state index in [2.05, 4.69) is 16.7 Å². The summed E-state index contributed by atoms with van der Waals surface area (Å²) in [5, 5.41) is 5.70. The lowest BCUT2D eigenvalue weighted by atomic mass is 10.00. The largest absolute Gasteiger partial charge is 0.465 e. The van der Waals surface area contributed by atoms with Crippen molar-refractivity contribution >= 4 is 17.9 Å². The standard InChI is InChI=1S/C25H26N2O3/c1-16-7-5-8-20(14-16)24(28)27-23(15-21-9-6-12-30-21)25(29)26-19(4)22-11-10-17(2)13-18(22)3/h5-15,19H,1-4H3,(H,26,29)(H,27,28)/b23-15-. The number of carbonyl (C=O) groups is 2. The lowest BCUT2D eigenvalue weighted by Gasteiger charge is -2.18. The van der Waals surface area contributed by atoms with Gasteiger partial charge >= 0.3 is 0 Å². The first-order valence-corrected chi connectivity index (χ1v) is 9.84. The summed E-state index contributed by atoms with van der Waals surface area (Å²) >= 11 is 0. The molecule has 1 atom stereocenters. The highest BCUT2D eigenvalue weighted by Crippen LogP contribution is 2.19. The third-order valence-corrected chi connectivity index (χ3v) is 4.84. The molecule has 154 valence electrons. The van der Waals surface area contributed by atoms with Crippen LogP contribution >= 0.6 is 0 Å². The van der Waals surface area contributed by atoms with Crippen LogP contribution in [0.1, 0.15) is 51.3 Å². The van der Waals surface area contributed by atoms with Crippen LogP contribution in [0.3, 0.4) is 0 Å². The maximum atomic E-state index is 13.0. The number of aryl methyl sites for hydroxylation is 3. The van der Waals surface area contributed by atoms with Gasteiger partial charge in [-0.2, -0.15) is 0 Å². The molecule has 0 aliphatic rings. The van der Waals surface area contributed by atoms with Gasteiger partial charge in [-0.15, -0.1) is 0 Å². The molecule has 2 aromatic carbocycles. The second kappa shape index (κ2) is 9.27. The molecule has 0 spiro atoms. The van der Waals surface area contributed by atoms with Crippen molar-refractivity contribution in [2.24, 2.45) is 0 Å². The summed E-state index contributed by atoms with van der Waals surface area (Å²) in [5.41, 5.74) is 4.86. The molecule has 5 heteroatoms. The number of amides is 2. The molecule has 0 aliphatic carbocycles. The minimum atomic E-state index is -0.389. The van der Waals surface area contributed by atoms with Gasteiger partial charge in [-0.25, -0.2) is 0 Å². The number of nitrogens with one attached hydrogen (secondary N) is 2. The van der Waals surface area contributed by atoms with Gasteiger partial charge < -0.3 is 15.1 Å². The van der Waals surface area contributed by atoms with Gasteiger partial charge in [0.25, 0.3) is 11.8 Å². The Labute approximate surface area is 176 Å². The molecule has 1 heterocycles. The zero-order valence-corrected chi connectivity index (χ0v) is 17.7. The van der Waals surface area contributed by atoms with Crippen LogP contribution in [0.2, 0.25) is 0 Å². The Morgan fingerprint density at radius 3 is 2.40 bits per heavy atom. The summed E-state index contributed by atoms with van der Waals surface area (Å²) in [5.74, 6) is -0.269. The maximum Gasteiger partial charge on any atom is 0.268 e. The van der Waals surface area contributed by atoms with Crippen molar-refractivity contribution in [2.75, 3.05) is 0 Å². The summed E-state index contributed by atoms with van der Waals surface area (Å²) in [6.45, 7) is 7.88. The summed E-state index contributed by atoms with van der Waals surface area (Å²) in [6, 6.07) is 16.5. The van der Waals surface area contributed by atoms with E-state index < -0.39 is 0 Å². The lowest BCUT2D eigenvalue weighted by Crippen LogP contribution is -2.36. The number of hydrogen-bond acceptors (Lipinski definition) is 3. The van der Waals surface area contributed by atoms with Gasteiger partial charge in [0, 0.05) is 11.6 Å². The number of carbonyl (C=O) groups excluding carboxylic acids is 2. The van der Waals surface area contributed by atoms with E-state index in [1.165, 1.54) is 17.9 Å². The Balaban J connectivity index is 1.83. The van der Waals surface area contributed by atoms with Crippen LogP contribution in [0.25, 0.3) is 6.08 Å². The van der Waals surface area contributed by atoms with Crippen LogP contribution in [0.15, 0.2) is 71.0 Å². The first-order chi connectivity index (χ1) is 14.3. The van der Waals surface area contributed by atoms with Gasteiger partial charge in [0.2, 0.25) is 0 Å². The number of furan rings is 1. The van der Waals surface area contributed by atoms with Crippen molar-refractivity contribution in [2.45, 2.75) is 33.7 Å². The molecule has 0 saturated heterocycles. The van der Waals surface area contributed by atoms with E-state index in [1.54, 1.807) is 24.3 Å². The fraction of sp³-hybridized carbons (Fsp3) is 0.200. The molecule has 1 aromatic heterocycles. The summed E-state index contributed by atoms with van der Waals surface area (Å²) < 4.78 is 5.33. The molecule has 1 unspecified atom stereocenters. The molecule has 0 bridgehead atoms. The Kier molecular flexibility index (Phi) is 6.52. The van der Waals surface area contributed by atoms with Crippen LogP contribution in [-0.4, -0.2) is 11.8 Å². The fourth-order valence-corrected chi connectivity index (χ4v) is 3.32. The second-order valence-corrected chi connectivity index (χ2v) is 7.45. The van der Waals surface area contributed by atoms with Crippen molar-refractivity contribution < 1.29 is 14.0 Å². The molecule has 2 amide bonds. The van der Waals surface area contributed by atoms with E-state index in [4.69, 9.17) is 4.42 Å². The fourth-order valence-electron chi connectivity index (χ4n) is 3.32. The summed E-state index contributed by atoms with van der Waals surface area (Å²) in [4.78, 5) is 25.8. The molecule has 0 radical (unpaired) electrons. The van der Waals surface area contributed by atoms with Crippen molar-refractivity contribution in [1.29, 1.82) is 0 Å². The van der Waals surface area contributed by atoms with Crippen molar-refractivity contribution in [3.63, 3.8) is 0 Å². The van der Waals surface area contributed by atoms with Crippen LogP contribution < -0.4 is 10.6 Å². The first-order valence-electron chi connectivity index (χ1n) is 9.84. The van der Waals surface area contributed by atoms with E-state index in [9.17, 15) is 9.59 Å². The minimum absolute atomic E-state index is 0.119. The topological polar surface area (TPSA) is 71.3 Å². The predicted octanol–water partition coefficient (Wildman–Crippen LogP) is 4.85. The molecule has 3 rings (SSSR count). The molecule has 0 fully saturated rings. The molecular formula is C25H26N2O3. The van der Waals surface area contributed by atoms with Crippen molar-refractivity contribution in [1.82, 2.24) is 10.6 Å². The lowest BCUT2D eigenvalue weighted by molar-refractivity contribution is -0.118. The van der Waals surface area contributed by atoms with Gasteiger partial charge in [-0.3, -0.25) is 9.59 Å². The Hall–Kier alpha value is -3.60. The van der Waals surface area contributed by atoms with Gasteiger partial charge in [0.05, 0.1) is 12.3 Å². The van der Waals surface area contributed by atoms with Crippen LogP contribution in [-0.2, 0) is 4.79 Å². The van der Waals surface area contributed by atoms with Crippen LogP contribution in [0.5, 0.6) is 0 Å². The smallest absolute Gasteiger partial charge is 0.268 e. The highest BCUT2D eigenvalue weighted by atomic mass is 16.3. The molecule has 3 aromatic rings. The van der Waals surface area contributed by atoms with Crippen LogP contribution in [0.4, 0.5) is 0 Å². The Morgan fingerprint density at radius 1 is 0.967 bits per heavy atom. The number of benzene rings is 2. The average molecular weight is 402 g/mol. The Bertz CT molecular complexity index is 1080. The third-order valence-electron chi connectivity index (χ3n) is 4.84. The van der Waals surface area contributed by atoms with E-state index >= 15 is 0 Å². The Morgan fingerprint density at radius 2 is 1.73 bits per heavy atom. The monoisotopic (exact) mass is 402 g/mol. The highest BCUT2D eigenvalue weighted by molar-refractivity contribution is 6.05. The number of rotatable bonds is 6. The first kappa shape index (κ1) is 21.1. The van der Waals surface area contributed by atoms with Gasteiger partial charge in [0.1, 0.15) is 11.5 Å². The van der Waals surface area contributed by atoms with Crippen molar-refractivity contribution in [3.8, 4) is 0 Å². The zero-order valence-electron chi connectivity index (χ0n) is 17.7. The zero-order chi connectivity index (χ0) is 21.7. The molecule has 0 aliphatic heterocycles. The summed E-state index contributed by atoms with van der Waals surface area (Å²) in [7, 11) is 0. The quantitative estimate of drug-likeness (QED) is 0.579. The normalized spacial score (nSPS) is 12.3. The highest BCUT2D eigenvalue weighted by Gasteiger charge is 2.19. The van der Waals surface area contributed by atoms with E-state index in [0.717, 1.165) is 16.7 Å². The third kappa shape index (κ3) is 5.26. The molecule has 30 heavy (non-hydrogen) atoms. The van der Waals surface area contributed by atoms with Gasteiger partial charge in [0.15, 0.2) is 0 Å². The summed E-state index contributed by atoms with van der Waals surface area (Å²) in [6.07, 6.45) is 3.04. The van der Waals surface area contributed by atoms with E-state index in [-0.39, 0.29) is 23.6 Å². The molecule has 0 saturated carbocycles. The minimum Gasteiger partial charge on any atom is -0.465 e. The molecule has 2 N–H and O–H groups in total. The SMILES string of the molecule is Cc1cccc(C(=O)N/C(=C\c2ccco2)C(=O)NC(C)c2ccc(C)cc2C)c1. The molecule has 5 nitrogen and oxygen atoms in total. The van der Waals surface area contributed by atoms with Crippen LogP contribution in [0, 0.1) is 20.8 Å². The van der Waals surface area contributed by atoms with E-state index in [1.807, 2.05) is 52.0 Å². The van der Waals surface area contributed by atoms with E-state index in [0.29, 0.717) is 11.3 Å². The van der Waals surface area contributed by atoms with Gasteiger partial charge in [-0.1, -0.05) is 41.5 Å². The van der Waals surface area contributed by atoms with Gasteiger partial charge in [-0.05, 0) is 63.1 Å². The van der Waals surface area contributed by atoms with Crippen molar-refractivity contribution in [3.05, 3.63) is 100 Å². The second-order valence-electron chi connectivity index (χ2n) is 7.45. The number of hydrogen-bond donors (Lipinski definition) is 2. The average Bonchev–Trinajstić information content (AvgIpc) is 3.20.